The summed E-state index contributed by atoms with van der Waals surface area (Å²) < 4.78 is 0. The van der Waals surface area contributed by atoms with Crippen LogP contribution >= 0.6 is 0 Å². The Kier molecular flexibility index (Phi) is 4.63. The van der Waals surface area contributed by atoms with E-state index in [2.05, 4.69) is 19.2 Å². The Bertz CT molecular complexity index is 246. The largest absolute Gasteiger partial charge is 0.388 e. The van der Waals surface area contributed by atoms with Gasteiger partial charge in [0.05, 0.1) is 6.10 Å². The first-order valence-electron chi connectivity index (χ1n) is 5.16. The van der Waals surface area contributed by atoms with Gasteiger partial charge in [-0.3, -0.25) is 0 Å². The molecule has 0 aliphatic carbocycles. The Morgan fingerprint density at radius 2 is 1.86 bits per heavy atom. The first-order chi connectivity index (χ1) is 6.70. The van der Waals surface area contributed by atoms with Crippen molar-refractivity contribution >= 4 is 0 Å². The van der Waals surface area contributed by atoms with Crippen LogP contribution in [-0.4, -0.2) is 17.7 Å². The normalized spacial score (nSPS) is 13.1. The average Bonchev–Trinajstić information content (AvgIpc) is 2.18. The summed E-state index contributed by atoms with van der Waals surface area (Å²) in [4.78, 5) is 0. The summed E-state index contributed by atoms with van der Waals surface area (Å²) in [6.45, 7) is 5.07. The zero-order valence-electron chi connectivity index (χ0n) is 8.90. The van der Waals surface area contributed by atoms with E-state index in [0.29, 0.717) is 6.04 Å². The topological polar surface area (TPSA) is 32.3 Å². The van der Waals surface area contributed by atoms with Crippen LogP contribution in [0.3, 0.4) is 0 Å². The van der Waals surface area contributed by atoms with Crippen molar-refractivity contribution in [2.45, 2.75) is 32.4 Å². The maximum atomic E-state index is 9.79. The van der Waals surface area contributed by atoms with E-state index < -0.39 is 0 Å². The summed E-state index contributed by atoms with van der Waals surface area (Å²) in [5, 5.41) is 13.1. The number of rotatable bonds is 5. The van der Waals surface area contributed by atoms with Crippen molar-refractivity contribution in [3.63, 3.8) is 0 Å². The minimum atomic E-state index is -0.345. The second-order valence-corrected chi connectivity index (χ2v) is 3.82. The van der Waals surface area contributed by atoms with Crippen LogP contribution in [0.5, 0.6) is 0 Å². The molecule has 0 aliphatic heterocycles. The molecule has 2 nitrogen and oxygen atoms in total. The van der Waals surface area contributed by atoms with Gasteiger partial charge in [0.25, 0.3) is 0 Å². The third kappa shape index (κ3) is 3.90. The van der Waals surface area contributed by atoms with Gasteiger partial charge >= 0.3 is 0 Å². The van der Waals surface area contributed by atoms with Crippen molar-refractivity contribution in [1.29, 1.82) is 0 Å². The van der Waals surface area contributed by atoms with Gasteiger partial charge in [-0.2, -0.15) is 0 Å². The highest BCUT2D eigenvalue weighted by Crippen LogP contribution is 2.14. The highest BCUT2D eigenvalue weighted by Gasteiger charge is 2.05. The molecule has 0 radical (unpaired) electrons. The zero-order valence-corrected chi connectivity index (χ0v) is 8.90. The first-order valence-corrected chi connectivity index (χ1v) is 5.16. The molecule has 1 unspecified atom stereocenters. The molecular formula is C12H19NO. The maximum absolute atomic E-state index is 9.79. The van der Waals surface area contributed by atoms with Gasteiger partial charge in [-0.05, 0) is 18.5 Å². The van der Waals surface area contributed by atoms with E-state index in [-0.39, 0.29) is 6.10 Å². The lowest BCUT2D eigenvalue weighted by Crippen LogP contribution is -2.24. The summed E-state index contributed by atoms with van der Waals surface area (Å²) in [5.41, 5.74) is 0.998. The lowest BCUT2D eigenvalue weighted by atomic mass is 10.1. The minimum Gasteiger partial charge on any atom is -0.388 e. The van der Waals surface area contributed by atoms with Gasteiger partial charge in [-0.1, -0.05) is 44.2 Å². The zero-order chi connectivity index (χ0) is 10.4. The molecule has 0 aromatic heterocycles. The van der Waals surface area contributed by atoms with Crippen molar-refractivity contribution in [3.05, 3.63) is 35.9 Å². The molecule has 0 bridgehead atoms. The molecule has 0 amide bonds. The van der Waals surface area contributed by atoms with Gasteiger partial charge in [-0.15, -0.1) is 0 Å². The van der Waals surface area contributed by atoms with Gasteiger partial charge < -0.3 is 10.4 Å². The lowest BCUT2D eigenvalue weighted by molar-refractivity contribution is 0.166. The highest BCUT2D eigenvalue weighted by atomic mass is 16.3. The Labute approximate surface area is 86.0 Å². The molecule has 1 aromatic rings. The van der Waals surface area contributed by atoms with Crippen LogP contribution in [-0.2, 0) is 0 Å². The van der Waals surface area contributed by atoms with Crippen molar-refractivity contribution in [2.75, 3.05) is 6.54 Å². The van der Waals surface area contributed by atoms with E-state index in [9.17, 15) is 5.11 Å². The second kappa shape index (κ2) is 5.78. The van der Waals surface area contributed by atoms with E-state index in [1.807, 2.05) is 30.3 Å². The Morgan fingerprint density at radius 3 is 2.43 bits per heavy atom. The molecule has 0 heterocycles. The van der Waals surface area contributed by atoms with Gasteiger partial charge in [-0.25, -0.2) is 0 Å². The fourth-order valence-corrected chi connectivity index (χ4v) is 1.35. The molecule has 0 fully saturated rings. The Balaban J connectivity index is 2.32. The third-order valence-corrected chi connectivity index (χ3v) is 2.15. The number of benzene rings is 1. The molecule has 0 saturated carbocycles. The summed E-state index contributed by atoms with van der Waals surface area (Å²) in [7, 11) is 0. The maximum Gasteiger partial charge on any atom is 0.0802 e. The van der Waals surface area contributed by atoms with Crippen molar-refractivity contribution in [2.24, 2.45) is 0 Å². The van der Waals surface area contributed by atoms with Gasteiger partial charge in [0.2, 0.25) is 0 Å². The third-order valence-electron chi connectivity index (χ3n) is 2.15. The molecule has 1 aromatic carbocycles. The van der Waals surface area contributed by atoms with Crippen molar-refractivity contribution in [3.8, 4) is 0 Å². The van der Waals surface area contributed by atoms with Gasteiger partial charge in [0, 0.05) is 6.04 Å². The van der Waals surface area contributed by atoms with Crippen LogP contribution in [0.4, 0.5) is 0 Å². The van der Waals surface area contributed by atoms with Gasteiger partial charge in [0.15, 0.2) is 0 Å². The molecular weight excluding hydrogens is 174 g/mol. The van der Waals surface area contributed by atoms with Crippen LogP contribution in [0, 0.1) is 0 Å². The van der Waals surface area contributed by atoms with Gasteiger partial charge in [0.1, 0.15) is 0 Å². The molecule has 2 N–H and O–H groups in total. The average molecular weight is 193 g/mol. The van der Waals surface area contributed by atoms with Crippen molar-refractivity contribution in [1.82, 2.24) is 5.32 Å². The van der Waals surface area contributed by atoms with Crippen LogP contribution < -0.4 is 5.32 Å². The quantitative estimate of drug-likeness (QED) is 0.750. The molecule has 14 heavy (non-hydrogen) atoms. The van der Waals surface area contributed by atoms with E-state index in [0.717, 1.165) is 18.5 Å². The number of hydrogen-bond acceptors (Lipinski definition) is 2. The Hall–Kier alpha value is -0.860. The predicted octanol–water partition coefficient (Wildman–Crippen LogP) is 2.11. The number of aliphatic hydroxyl groups is 1. The second-order valence-electron chi connectivity index (χ2n) is 3.82. The number of hydrogen-bond donors (Lipinski definition) is 2. The van der Waals surface area contributed by atoms with E-state index >= 15 is 0 Å². The summed E-state index contributed by atoms with van der Waals surface area (Å²) in [5.74, 6) is 0. The van der Waals surface area contributed by atoms with E-state index in [1.165, 1.54) is 0 Å². The minimum absolute atomic E-state index is 0.345. The molecule has 0 saturated heterocycles. The monoisotopic (exact) mass is 193 g/mol. The summed E-state index contributed by atoms with van der Waals surface area (Å²) in [6.07, 6.45) is 0.421. The molecule has 0 spiro atoms. The fourth-order valence-electron chi connectivity index (χ4n) is 1.35. The van der Waals surface area contributed by atoms with E-state index in [4.69, 9.17) is 0 Å². The first kappa shape index (κ1) is 11.2. The van der Waals surface area contributed by atoms with Crippen LogP contribution in [0.1, 0.15) is 31.9 Å². The van der Waals surface area contributed by atoms with Crippen LogP contribution in [0.2, 0.25) is 0 Å². The Morgan fingerprint density at radius 1 is 1.21 bits per heavy atom. The number of aliphatic hydroxyl groups excluding tert-OH is 1. The summed E-state index contributed by atoms with van der Waals surface area (Å²) >= 11 is 0. The summed E-state index contributed by atoms with van der Waals surface area (Å²) in [6, 6.07) is 10.3. The highest BCUT2D eigenvalue weighted by molar-refractivity contribution is 5.17. The molecule has 78 valence electrons. The van der Waals surface area contributed by atoms with Crippen molar-refractivity contribution < 1.29 is 5.11 Å². The molecule has 2 heteroatoms. The van der Waals surface area contributed by atoms with Crippen LogP contribution in [0.15, 0.2) is 30.3 Å². The van der Waals surface area contributed by atoms with E-state index in [1.54, 1.807) is 0 Å². The SMILES string of the molecule is CC(C)NCCC(O)c1ccccc1. The standard InChI is InChI=1S/C12H19NO/c1-10(2)13-9-8-12(14)11-6-4-3-5-7-11/h3-7,10,12-14H,8-9H2,1-2H3. The lowest BCUT2D eigenvalue weighted by Gasteiger charge is -2.12. The fraction of sp³-hybridized carbons (Fsp3) is 0.500. The predicted molar refractivity (Wildman–Crippen MR) is 59.2 cm³/mol. The number of nitrogens with one attached hydrogen (secondary N) is 1. The van der Waals surface area contributed by atoms with Crippen LogP contribution in [0.25, 0.3) is 0 Å². The smallest absolute Gasteiger partial charge is 0.0802 e. The molecule has 1 rings (SSSR count). The molecule has 0 aliphatic rings. The molecule has 1 atom stereocenters.